The van der Waals surface area contributed by atoms with Crippen molar-refractivity contribution in [2.24, 2.45) is 0 Å². The molecule has 0 rings (SSSR count). The molecule has 6 heteroatoms. The van der Waals surface area contributed by atoms with Crippen molar-refractivity contribution in [3.05, 3.63) is 0 Å². The van der Waals surface area contributed by atoms with Crippen LogP contribution in [0.25, 0.3) is 0 Å². The van der Waals surface area contributed by atoms with E-state index in [1.165, 1.54) is 0 Å². The smallest absolute Gasteiger partial charge is 0.307 e. The van der Waals surface area contributed by atoms with Gasteiger partial charge in [-0.3, -0.25) is 4.55 Å². The molecule has 5 nitrogen and oxygen atoms in total. The number of hydrogen-bond donors (Lipinski definition) is 1. The minimum absolute atomic E-state index is 0.0405. The Kier molecular flexibility index (Phi) is 8.15. The highest BCUT2D eigenvalue weighted by molar-refractivity contribution is 7.80. The van der Waals surface area contributed by atoms with Gasteiger partial charge in [-0.1, -0.05) is 6.92 Å². The van der Waals surface area contributed by atoms with Crippen LogP contribution in [0.15, 0.2) is 0 Å². The van der Waals surface area contributed by atoms with Gasteiger partial charge >= 0.3 is 10.4 Å². The fourth-order valence-electron chi connectivity index (χ4n) is 0.189. The maximum absolute atomic E-state index is 9.72. The highest BCUT2D eigenvalue weighted by Crippen LogP contribution is 1.86. The molecule has 0 fully saturated rings. The quantitative estimate of drug-likeness (QED) is 0.604. The third kappa shape index (κ3) is 15.6. The zero-order valence-corrected chi connectivity index (χ0v) is 6.43. The summed E-state index contributed by atoms with van der Waals surface area (Å²) in [5, 5.41) is 0. The van der Waals surface area contributed by atoms with Gasteiger partial charge in [-0.05, 0) is 6.42 Å². The Morgan fingerprint density at radius 2 is 1.90 bits per heavy atom. The number of rotatable bonds is 3. The molecule has 0 aromatic heterocycles. The summed E-state index contributed by atoms with van der Waals surface area (Å²) in [6.45, 7) is 3.78. The Labute approximate surface area is 60.0 Å². The van der Waals surface area contributed by atoms with Crippen LogP contribution in [0.5, 0.6) is 0 Å². The Balaban J connectivity index is 0. The monoisotopic (exact) mass is 170 g/mol. The summed E-state index contributed by atoms with van der Waals surface area (Å²) in [4.78, 5) is 8.00. The van der Waals surface area contributed by atoms with E-state index in [2.05, 4.69) is 4.18 Å². The van der Waals surface area contributed by atoms with Crippen molar-refractivity contribution in [2.45, 2.75) is 13.3 Å². The van der Waals surface area contributed by atoms with Gasteiger partial charge in [-0.2, -0.15) is 8.42 Å². The largest absolute Gasteiger partial charge is 0.397 e. The summed E-state index contributed by atoms with van der Waals surface area (Å²) in [5.41, 5.74) is 0. The lowest BCUT2D eigenvalue weighted by Crippen LogP contribution is -2.03. The van der Waals surface area contributed by atoms with Gasteiger partial charge in [0, 0.05) is 0 Å². The van der Waals surface area contributed by atoms with E-state index in [0.29, 0.717) is 6.42 Å². The van der Waals surface area contributed by atoms with Crippen molar-refractivity contribution in [2.75, 3.05) is 6.61 Å². The van der Waals surface area contributed by atoms with Crippen LogP contribution >= 0.6 is 0 Å². The van der Waals surface area contributed by atoms with Crippen molar-refractivity contribution < 1.29 is 21.9 Å². The maximum Gasteiger partial charge on any atom is 0.397 e. The third-order valence-corrected chi connectivity index (χ3v) is 0.901. The normalized spacial score (nSPS) is 9.80. The van der Waals surface area contributed by atoms with E-state index in [4.69, 9.17) is 9.35 Å². The summed E-state index contributed by atoms with van der Waals surface area (Å²) in [7, 11) is -4.19. The molecule has 0 radical (unpaired) electrons. The first-order chi connectivity index (χ1) is 4.56. The van der Waals surface area contributed by atoms with Crippen molar-refractivity contribution in [3.8, 4) is 0 Å². The van der Waals surface area contributed by atoms with Gasteiger partial charge in [0.15, 0.2) is 0 Å². The number of carbonyl (C=O) groups excluding carboxylic acids is 1. The first-order valence-electron chi connectivity index (χ1n) is 2.47. The Morgan fingerprint density at radius 1 is 1.50 bits per heavy atom. The van der Waals surface area contributed by atoms with E-state index < -0.39 is 10.4 Å². The van der Waals surface area contributed by atoms with Crippen molar-refractivity contribution in [1.29, 1.82) is 0 Å². The zero-order chi connectivity index (χ0) is 8.62. The van der Waals surface area contributed by atoms with Crippen molar-refractivity contribution in [1.82, 2.24) is 0 Å². The summed E-state index contributed by atoms with van der Waals surface area (Å²) in [6, 6.07) is 0. The van der Waals surface area contributed by atoms with Gasteiger partial charge in [0.1, 0.15) is 6.79 Å². The molecule has 0 heterocycles. The van der Waals surface area contributed by atoms with E-state index in [1.54, 1.807) is 6.92 Å². The zero-order valence-electron chi connectivity index (χ0n) is 5.61. The molecule has 0 bridgehead atoms. The fraction of sp³-hybridized carbons (Fsp3) is 0.750. The minimum atomic E-state index is -4.19. The lowest BCUT2D eigenvalue weighted by molar-refractivity contribution is -0.0979. The molecular weight excluding hydrogens is 160 g/mol. The van der Waals surface area contributed by atoms with Crippen LogP contribution in [0.3, 0.4) is 0 Å². The molecule has 0 unspecified atom stereocenters. The van der Waals surface area contributed by atoms with E-state index in [1.807, 2.05) is 6.79 Å². The molecule has 0 aliphatic carbocycles. The highest BCUT2D eigenvalue weighted by Gasteiger charge is 1.99. The van der Waals surface area contributed by atoms with Crippen LogP contribution in [0.4, 0.5) is 0 Å². The van der Waals surface area contributed by atoms with Gasteiger partial charge in [-0.25, -0.2) is 4.18 Å². The van der Waals surface area contributed by atoms with Crippen molar-refractivity contribution in [3.63, 3.8) is 0 Å². The van der Waals surface area contributed by atoms with E-state index in [-0.39, 0.29) is 6.61 Å². The summed E-state index contributed by atoms with van der Waals surface area (Å²) < 4.78 is 31.3. The summed E-state index contributed by atoms with van der Waals surface area (Å²) >= 11 is 0. The predicted molar refractivity (Wildman–Crippen MR) is 34.9 cm³/mol. The second kappa shape index (κ2) is 6.66. The molecule has 0 aromatic rings. The molecule has 0 atom stereocenters. The molecule has 0 saturated carbocycles. The molecule has 0 aliphatic rings. The van der Waals surface area contributed by atoms with Crippen LogP contribution < -0.4 is 0 Å². The molecule has 0 spiro atoms. The second-order valence-electron chi connectivity index (χ2n) is 1.25. The molecule has 0 saturated heterocycles. The average Bonchev–Trinajstić information content (AvgIpc) is 1.87. The lowest BCUT2D eigenvalue weighted by Gasteiger charge is -1.92. The number of hydrogen-bond acceptors (Lipinski definition) is 4. The van der Waals surface area contributed by atoms with Crippen molar-refractivity contribution >= 4 is 17.2 Å². The van der Waals surface area contributed by atoms with Gasteiger partial charge in [0.05, 0.1) is 6.61 Å². The van der Waals surface area contributed by atoms with Crippen LogP contribution in [0.1, 0.15) is 13.3 Å². The molecule has 1 N–H and O–H groups in total. The lowest BCUT2D eigenvalue weighted by atomic mass is 10.5. The summed E-state index contributed by atoms with van der Waals surface area (Å²) in [6.07, 6.45) is 0.569. The third-order valence-electron chi connectivity index (χ3n) is 0.436. The Bertz CT molecular complexity index is 149. The SMILES string of the molecule is C=O.CCCOS(=O)(=O)O. The Morgan fingerprint density at radius 3 is 2.00 bits per heavy atom. The number of carbonyl (C=O) groups is 1. The van der Waals surface area contributed by atoms with Gasteiger partial charge < -0.3 is 4.79 Å². The standard InChI is InChI=1S/C3H8O4S.CH2O/c1-2-3-7-8(4,5)6;1-2/h2-3H2,1H3,(H,4,5,6);1H2. The molecule has 0 amide bonds. The van der Waals surface area contributed by atoms with Crippen LogP contribution in [-0.4, -0.2) is 26.4 Å². The van der Waals surface area contributed by atoms with Gasteiger partial charge in [0.2, 0.25) is 0 Å². The topological polar surface area (TPSA) is 80.7 Å². The van der Waals surface area contributed by atoms with E-state index in [0.717, 1.165) is 0 Å². The van der Waals surface area contributed by atoms with Crippen LogP contribution in [0.2, 0.25) is 0 Å². The maximum atomic E-state index is 9.72. The average molecular weight is 170 g/mol. The van der Waals surface area contributed by atoms with E-state index >= 15 is 0 Å². The first kappa shape index (κ1) is 12.2. The molecule has 10 heavy (non-hydrogen) atoms. The van der Waals surface area contributed by atoms with Gasteiger partial charge in [0.25, 0.3) is 0 Å². The molecule has 0 aromatic carbocycles. The fourth-order valence-corrected chi connectivity index (χ4v) is 0.566. The summed E-state index contributed by atoms with van der Waals surface area (Å²) in [5.74, 6) is 0. The Hall–Kier alpha value is -0.460. The molecule has 62 valence electrons. The second-order valence-corrected chi connectivity index (χ2v) is 2.34. The van der Waals surface area contributed by atoms with Crippen LogP contribution in [-0.2, 0) is 19.4 Å². The first-order valence-corrected chi connectivity index (χ1v) is 3.83. The molecule has 0 aliphatic heterocycles. The predicted octanol–water partition coefficient (Wildman–Crippen LogP) is 0.0309. The molecular formula is C4H10O5S. The van der Waals surface area contributed by atoms with Gasteiger partial charge in [-0.15, -0.1) is 0 Å². The van der Waals surface area contributed by atoms with E-state index in [9.17, 15) is 8.42 Å². The minimum Gasteiger partial charge on any atom is -0.307 e. The highest BCUT2D eigenvalue weighted by atomic mass is 32.3. The van der Waals surface area contributed by atoms with Crippen LogP contribution in [0, 0.1) is 0 Å².